The molecule has 0 atom stereocenters. The van der Waals surface area contributed by atoms with Crippen molar-refractivity contribution in [3.05, 3.63) is 48.4 Å². The van der Waals surface area contributed by atoms with Crippen molar-refractivity contribution < 1.29 is 9.53 Å². The van der Waals surface area contributed by atoms with E-state index in [1.54, 1.807) is 29.9 Å². The van der Waals surface area contributed by atoms with Crippen molar-refractivity contribution in [1.29, 1.82) is 0 Å². The van der Waals surface area contributed by atoms with Crippen molar-refractivity contribution >= 4 is 11.8 Å². The van der Waals surface area contributed by atoms with E-state index in [1.807, 2.05) is 24.5 Å². The molecule has 0 amide bonds. The summed E-state index contributed by atoms with van der Waals surface area (Å²) in [5, 5.41) is 0. The van der Waals surface area contributed by atoms with Crippen molar-refractivity contribution in [1.82, 2.24) is 9.66 Å². The Balaban J connectivity index is 2.24. The molecule has 0 bridgehead atoms. The minimum atomic E-state index is -0.379. The third-order valence-electron chi connectivity index (χ3n) is 2.14. The van der Waals surface area contributed by atoms with Gasteiger partial charge in [0.1, 0.15) is 5.56 Å². The molecule has 0 unspecified atom stereocenters. The van der Waals surface area contributed by atoms with Gasteiger partial charge in [0.25, 0.3) is 0 Å². The molecule has 88 valence electrons. The van der Waals surface area contributed by atoms with E-state index < -0.39 is 0 Å². The van der Waals surface area contributed by atoms with Crippen LogP contribution in [-0.2, 0) is 4.74 Å². The molecule has 0 saturated heterocycles. The van der Waals surface area contributed by atoms with E-state index in [4.69, 9.17) is 4.74 Å². The fourth-order valence-corrected chi connectivity index (χ4v) is 1.40. The standard InChI is InChI=1S/C12H13N3O2/c1-2-17-12(16)10-6-5-7-13-11(10)14-15-8-3-4-9-15/h3-9H,2H2,1H3,(H,13,14). The molecule has 2 aromatic rings. The van der Waals surface area contributed by atoms with Crippen LogP contribution in [0.2, 0.25) is 0 Å². The molecule has 2 heterocycles. The lowest BCUT2D eigenvalue weighted by Crippen LogP contribution is -2.14. The maximum Gasteiger partial charge on any atom is 0.341 e. The predicted molar refractivity (Wildman–Crippen MR) is 63.6 cm³/mol. The van der Waals surface area contributed by atoms with Crippen LogP contribution in [0.3, 0.4) is 0 Å². The molecule has 5 heteroatoms. The molecule has 2 rings (SSSR count). The van der Waals surface area contributed by atoms with Gasteiger partial charge < -0.3 is 4.74 Å². The van der Waals surface area contributed by atoms with Gasteiger partial charge in [0.15, 0.2) is 5.82 Å². The molecule has 0 saturated carbocycles. The van der Waals surface area contributed by atoms with Crippen LogP contribution in [0.15, 0.2) is 42.9 Å². The molecule has 2 aromatic heterocycles. The monoisotopic (exact) mass is 231 g/mol. The van der Waals surface area contributed by atoms with Crippen LogP contribution in [0.5, 0.6) is 0 Å². The molecular weight excluding hydrogens is 218 g/mol. The Morgan fingerprint density at radius 2 is 2.18 bits per heavy atom. The van der Waals surface area contributed by atoms with Crippen molar-refractivity contribution in [2.75, 3.05) is 12.0 Å². The van der Waals surface area contributed by atoms with E-state index in [1.165, 1.54) is 0 Å². The molecule has 0 aliphatic rings. The number of hydrogen-bond donors (Lipinski definition) is 1. The summed E-state index contributed by atoms with van der Waals surface area (Å²) in [5.41, 5.74) is 3.42. The number of nitrogens with zero attached hydrogens (tertiary/aromatic N) is 2. The highest BCUT2D eigenvalue weighted by Gasteiger charge is 2.12. The van der Waals surface area contributed by atoms with Gasteiger partial charge >= 0.3 is 5.97 Å². The Labute approximate surface area is 99.0 Å². The molecular formula is C12H13N3O2. The Morgan fingerprint density at radius 3 is 2.88 bits per heavy atom. The van der Waals surface area contributed by atoms with Gasteiger partial charge in [-0.25, -0.2) is 9.78 Å². The molecule has 0 fully saturated rings. The van der Waals surface area contributed by atoms with Crippen LogP contribution in [-0.4, -0.2) is 22.2 Å². The van der Waals surface area contributed by atoms with E-state index in [9.17, 15) is 4.79 Å². The van der Waals surface area contributed by atoms with Crippen LogP contribution in [0.1, 0.15) is 17.3 Å². The third kappa shape index (κ3) is 2.63. The van der Waals surface area contributed by atoms with Gasteiger partial charge in [-0.2, -0.15) is 0 Å². The second kappa shape index (κ2) is 5.16. The summed E-state index contributed by atoms with van der Waals surface area (Å²) in [6.45, 7) is 2.12. The van der Waals surface area contributed by atoms with Crippen LogP contribution < -0.4 is 5.43 Å². The van der Waals surface area contributed by atoms with Gasteiger partial charge in [0.2, 0.25) is 0 Å². The first-order valence-electron chi connectivity index (χ1n) is 5.33. The second-order valence-corrected chi connectivity index (χ2v) is 3.32. The number of hydrogen-bond acceptors (Lipinski definition) is 4. The minimum absolute atomic E-state index is 0.344. The average molecular weight is 231 g/mol. The Morgan fingerprint density at radius 1 is 1.41 bits per heavy atom. The third-order valence-corrected chi connectivity index (χ3v) is 2.14. The van der Waals surface area contributed by atoms with Crippen molar-refractivity contribution in [2.45, 2.75) is 6.92 Å². The van der Waals surface area contributed by atoms with E-state index in [-0.39, 0.29) is 5.97 Å². The van der Waals surface area contributed by atoms with Crippen molar-refractivity contribution in [3.8, 4) is 0 Å². The number of ether oxygens (including phenoxy) is 1. The van der Waals surface area contributed by atoms with Crippen LogP contribution >= 0.6 is 0 Å². The van der Waals surface area contributed by atoms with Crippen LogP contribution in [0, 0.1) is 0 Å². The number of anilines is 1. The highest BCUT2D eigenvalue weighted by atomic mass is 16.5. The van der Waals surface area contributed by atoms with Crippen LogP contribution in [0.4, 0.5) is 5.82 Å². The number of aromatic nitrogens is 2. The molecule has 0 aromatic carbocycles. The molecule has 0 spiro atoms. The summed E-state index contributed by atoms with van der Waals surface area (Å²) in [5.74, 6) is 0.0948. The fourth-order valence-electron chi connectivity index (χ4n) is 1.40. The number of carbonyl (C=O) groups is 1. The molecule has 1 N–H and O–H groups in total. The summed E-state index contributed by atoms with van der Waals surface area (Å²) in [6.07, 6.45) is 5.27. The summed E-state index contributed by atoms with van der Waals surface area (Å²) in [7, 11) is 0. The zero-order valence-corrected chi connectivity index (χ0v) is 9.46. The summed E-state index contributed by atoms with van der Waals surface area (Å²) >= 11 is 0. The minimum Gasteiger partial charge on any atom is -0.462 e. The number of carbonyl (C=O) groups excluding carboxylic acids is 1. The zero-order chi connectivity index (χ0) is 12.1. The van der Waals surface area contributed by atoms with Gasteiger partial charge in [-0.15, -0.1) is 0 Å². The average Bonchev–Trinajstić information content (AvgIpc) is 2.83. The smallest absolute Gasteiger partial charge is 0.341 e. The summed E-state index contributed by atoms with van der Waals surface area (Å²) < 4.78 is 6.67. The lowest BCUT2D eigenvalue weighted by molar-refractivity contribution is 0.0527. The van der Waals surface area contributed by atoms with Crippen molar-refractivity contribution in [3.63, 3.8) is 0 Å². The first-order valence-corrected chi connectivity index (χ1v) is 5.33. The Hall–Kier alpha value is -2.30. The highest BCUT2D eigenvalue weighted by Crippen LogP contribution is 2.13. The Kier molecular flexibility index (Phi) is 3.40. The van der Waals surface area contributed by atoms with E-state index in [0.29, 0.717) is 18.0 Å². The SMILES string of the molecule is CCOC(=O)c1cccnc1Nn1cccc1. The maximum atomic E-state index is 11.7. The van der Waals surface area contributed by atoms with E-state index in [0.717, 1.165) is 0 Å². The molecule has 17 heavy (non-hydrogen) atoms. The number of rotatable bonds is 4. The van der Waals surface area contributed by atoms with Gasteiger partial charge in [0, 0.05) is 18.6 Å². The summed E-state index contributed by atoms with van der Waals surface area (Å²) in [4.78, 5) is 15.8. The molecule has 0 aliphatic heterocycles. The maximum absolute atomic E-state index is 11.7. The number of pyridine rings is 1. The van der Waals surface area contributed by atoms with Crippen molar-refractivity contribution in [2.24, 2.45) is 0 Å². The number of nitrogens with one attached hydrogen (secondary N) is 1. The lowest BCUT2D eigenvalue weighted by atomic mass is 10.2. The van der Waals surface area contributed by atoms with Gasteiger partial charge in [-0.05, 0) is 31.2 Å². The van der Waals surface area contributed by atoms with Gasteiger partial charge in [-0.1, -0.05) is 0 Å². The molecule has 0 radical (unpaired) electrons. The molecule has 5 nitrogen and oxygen atoms in total. The van der Waals surface area contributed by atoms with Crippen LogP contribution in [0.25, 0.3) is 0 Å². The predicted octanol–water partition coefficient (Wildman–Crippen LogP) is 1.93. The largest absolute Gasteiger partial charge is 0.462 e. The normalized spacial score (nSPS) is 9.94. The highest BCUT2D eigenvalue weighted by molar-refractivity contribution is 5.94. The Bertz CT molecular complexity index is 494. The topological polar surface area (TPSA) is 56.1 Å². The fraction of sp³-hybridized carbons (Fsp3) is 0.167. The summed E-state index contributed by atoms with van der Waals surface area (Å²) in [6, 6.07) is 7.13. The van der Waals surface area contributed by atoms with E-state index >= 15 is 0 Å². The van der Waals surface area contributed by atoms with E-state index in [2.05, 4.69) is 10.4 Å². The van der Waals surface area contributed by atoms with Gasteiger partial charge in [0.05, 0.1) is 6.61 Å². The lowest BCUT2D eigenvalue weighted by Gasteiger charge is -2.10. The second-order valence-electron chi connectivity index (χ2n) is 3.32. The zero-order valence-electron chi connectivity index (χ0n) is 9.46. The first-order chi connectivity index (χ1) is 8.31. The van der Waals surface area contributed by atoms with Gasteiger partial charge in [-0.3, -0.25) is 10.1 Å². The molecule has 0 aliphatic carbocycles. The first kappa shape index (κ1) is 11.2. The number of esters is 1. The quantitative estimate of drug-likeness (QED) is 0.817.